The summed E-state index contributed by atoms with van der Waals surface area (Å²) in [6, 6.07) is 8.36. The fourth-order valence-electron chi connectivity index (χ4n) is 2.13. The number of ether oxygens (including phenoxy) is 1. The summed E-state index contributed by atoms with van der Waals surface area (Å²) in [5, 5.41) is 18.8. The van der Waals surface area contributed by atoms with Gasteiger partial charge < -0.3 is 9.84 Å². The van der Waals surface area contributed by atoms with Crippen LogP contribution in [-0.2, 0) is 9.53 Å². The third-order valence-electron chi connectivity index (χ3n) is 3.63. The number of nitriles is 1. The monoisotopic (exact) mass is 327 g/mol. The molecule has 0 aromatic heterocycles. The van der Waals surface area contributed by atoms with Crippen LogP contribution < -0.4 is 0 Å². The fraction of sp³-hybridized carbons (Fsp3) is 0.400. The van der Waals surface area contributed by atoms with Crippen molar-refractivity contribution < 1.29 is 14.6 Å². The number of phenols is 1. The maximum atomic E-state index is 12.0. The minimum Gasteiger partial charge on any atom is -0.507 e. The number of phenolic OH excluding ortho intramolecular Hbond substituents is 1. The van der Waals surface area contributed by atoms with Crippen LogP contribution in [0.1, 0.15) is 45.6 Å². The first-order valence-electron chi connectivity index (χ1n) is 8.14. The molecule has 1 aromatic rings. The molecular weight excluding hydrogens is 302 g/mol. The molecule has 0 spiro atoms. The van der Waals surface area contributed by atoms with Gasteiger partial charge in [-0.05, 0) is 51.2 Å². The van der Waals surface area contributed by atoms with Crippen LogP contribution in [0.25, 0.3) is 6.08 Å². The van der Waals surface area contributed by atoms with Crippen LogP contribution >= 0.6 is 0 Å². The lowest BCUT2D eigenvalue weighted by Gasteiger charge is -2.10. The SMILES string of the molecule is CC(C)=CCCC(C)CCOC(=O)/C(C#N)=C/c1ccccc1O. The van der Waals surface area contributed by atoms with Crippen molar-refractivity contribution in [1.82, 2.24) is 0 Å². The van der Waals surface area contributed by atoms with Gasteiger partial charge in [-0.2, -0.15) is 5.26 Å². The van der Waals surface area contributed by atoms with Gasteiger partial charge in [0.2, 0.25) is 0 Å². The molecule has 128 valence electrons. The highest BCUT2D eigenvalue weighted by Gasteiger charge is 2.12. The van der Waals surface area contributed by atoms with Crippen LogP contribution in [0.5, 0.6) is 5.75 Å². The third kappa shape index (κ3) is 7.15. The molecule has 24 heavy (non-hydrogen) atoms. The molecular formula is C20H25NO3. The lowest BCUT2D eigenvalue weighted by atomic mass is 10.0. The molecule has 1 aromatic carbocycles. The van der Waals surface area contributed by atoms with Crippen LogP contribution in [0, 0.1) is 17.2 Å². The molecule has 0 saturated heterocycles. The van der Waals surface area contributed by atoms with E-state index in [1.807, 2.05) is 6.07 Å². The van der Waals surface area contributed by atoms with Crippen molar-refractivity contribution in [3.63, 3.8) is 0 Å². The van der Waals surface area contributed by atoms with Crippen molar-refractivity contribution in [2.24, 2.45) is 5.92 Å². The van der Waals surface area contributed by atoms with E-state index in [4.69, 9.17) is 10.00 Å². The predicted molar refractivity (Wildman–Crippen MR) is 95.1 cm³/mol. The van der Waals surface area contributed by atoms with Gasteiger partial charge >= 0.3 is 5.97 Å². The van der Waals surface area contributed by atoms with E-state index < -0.39 is 5.97 Å². The fourth-order valence-corrected chi connectivity index (χ4v) is 2.13. The Bertz CT molecular complexity index is 649. The molecule has 1 N–H and O–H groups in total. The number of allylic oxidation sites excluding steroid dienone is 2. The number of benzene rings is 1. The molecule has 1 atom stereocenters. The predicted octanol–water partition coefficient (Wildman–Crippen LogP) is 4.61. The molecule has 1 unspecified atom stereocenters. The van der Waals surface area contributed by atoms with Crippen LogP contribution in [0.2, 0.25) is 0 Å². The summed E-state index contributed by atoms with van der Waals surface area (Å²) in [5.41, 5.74) is 1.61. The van der Waals surface area contributed by atoms with E-state index in [2.05, 4.69) is 26.8 Å². The standard InChI is InChI=1S/C20H25NO3/c1-15(2)7-6-8-16(3)11-12-24-20(23)18(14-21)13-17-9-4-5-10-19(17)22/h4-5,7,9-10,13,16,22H,6,8,11-12H2,1-3H3/b18-13+. The van der Waals surface area contributed by atoms with Gasteiger partial charge in [0.1, 0.15) is 17.4 Å². The van der Waals surface area contributed by atoms with Gasteiger partial charge in [-0.1, -0.05) is 36.8 Å². The van der Waals surface area contributed by atoms with Crippen LogP contribution in [0.3, 0.4) is 0 Å². The maximum absolute atomic E-state index is 12.0. The number of rotatable bonds is 8. The van der Waals surface area contributed by atoms with Gasteiger partial charge in [-0.3, -0.25) is 0 Å². The molecule has 0 radical (unpaired) electrons. The Labute approximate surface area is 144 Å². The van der Waals surface area contributed by atoms with E-state index in [0.29, 0.717) is 11.5 Å². The lowest BCUT2D eigenvalue weighted by Crippen LogP contribution is -2.10. The number of esters is 1. The number of nitrogens with zero attached hydrogens (tertiary/aromatic N) is 1. The quantitative estimate of drug-likeness (QED) is 0.327. The van der Waals surface area contributed by atoms with Crippen LogP contribution in [0.4, 0.5) is 0 Å². The number of carbonyl (C=O) groups is 1. The molecule has 0 aliphatic rings. The molecule has 0 fully saturated rings. The normalized spacial score (nSPS) is 12.2. The number of para-hydroxylation sites is 1. The van der Waals surface area contributed by atoms with Crippen molar-refractivity contribution in [2.45, 2.75) is 40.0 Å². The third-order valence-corrected chi connectivity index (χ3v) is 3.63. The topological polar surface area (TPSA) is 70.3 Å². The van der Waals surface area contributed by atoms with Gasteiger partial charge in [0.25, 0.3) is 0 Å². The number of hydrogen-bond donors (Lipinski definition) is 1. The van der Waals surface area contributed by atoms with E-state index >= 15 is 0 Å². The number of hydrogen-bond acceptors (Lipinski definition) is 4. The van der Waals surface area contributed by atoms with Crippen LogP contribution in [-0.4, -0.2) is 17.7 Å². The second-order valence-electron chi connectivity index (χ2n) is 6.12. The second-order valence-corrected chi connectivity index (χ2v) is 6.12. The van der Waals surface area contributed by atoms with E-state index in [1.165, 1.54) is 17.7 Å². The van der Waals surface area contributed by atoms with Crippen molar-refractivity contribution in [3.8, 4) is 11.8 Å². The highest BCUT2D eigenvalue weighted by molar-refractivity contribution is 5.98. The minimum absolute atomic E-state index is 0.0194. The minimum atomic E-state index is -0.655. The largest absolute Gasteiger partial charge is 0.507 e. The van der Waals surface area contributed by atoms with Crippen molar-refractivity contribution in [3.05, 3.63) is 47.1 Å². The van der Waals surface area contributed by atoms with Gasteiger partial charge in [0.15, 0.2) is 0 Å². The Hall–Kier alpha value is -2.54. The average Bonchev–Trinajstić information content (AvgIpc) is 2.53. The van der Waals surface area contributed by atoms with Gasteiger partial charge in [0.05, 0.1) is 6.61 Å². The first-order valence-corrected chi connectivity index (χ1v) is 8.14. The molecule has 4 heteroatoms. The summed E-state index contributed by atoms with van der Waals surface area (Å²) in [6.07, 6.45) is 6.37. The second kappa shape index (κ2) is 10.3. The van der Waals surface area contributed by atoms with E-state index in [9.17, 15) is 9.90 Å². The van der Waals surface area contributed by atoms with Crippen LogP contribution in [0.15, 0.2) is 41.5 Å². The summed E-state index contributed by atoms with van der Waals surface area (Å²) in [6.45, 7) is 6.56. The summed E-state index contributed by atoms with van der Waals surface area (Å²) >= 11 is 0. The Morgan fingerprint density at radius 3 is 2.67 bits per heavy atom. The molecule has 0 heterocycles. The highest BCUT2D eigenvalue weighted by Crippen LogP contribution is 2.19. The highest BCUT2D eigenvalue weighted by atomic mass is 16.5. The number of carbonyl (C=O) groups excluding carboxylic acids is 1. The van der Waals surface area contributed by atoms with Crippen molar-refractivity contribution >= 4 is 12.0 Å². The Balaban J connectivity index is 2.50. The molecule has 0 aliphatic carbocycles. The molecule has 1 rings (SSSR count). The Morgan fingerprint density at radius 1 is 1.33 bits per heavy atom. The molecule has 4 nitrogen and oxygen atoms in total. The van der Waals surface area contributed by atoms with E-state index in [0.717, 1.165) is 19.3 Å². The van der Waals surface area contributed by atoms with Crippen molar-refractivity contribution in [1.29, 1.82) is 5.26 Å². The summed E-state index contributed by atoms with van der Waals surface area (Å²) in [4.78, 5) is 12.0. The van der Waals surface area contributed by atoms with Crippen molar-refractivity contribution in [2.75, 3.05) is 6.61 Å². The summed E-state index contributed by atoms with van der Waals surface area (Å²) < 4.78 is 5.18. The average molecular weight is 327 g/mol. The summed E-state index contributed by atoms with van der Waals surface area (Å²) in [7, 11) is 0. The molecule has 0 aliphatic heterocycles. The lowest BCUT2D eigenvalue weighted by molar-refractivity contribution is -0.138. The Morgan fingerprint density at radius 2 is 2.04 bits per heavy atom. The van der Waals surface area contributed by atoms with E-state index in [-0.39, 0.29) is 17.9 Å². The van der Waals surface area contributed by atoms with Gasteiger partial charge in [0, 0.05) is 5.56 Å². The van der Waals surface area contributed by atoms with E-state index in [1.54, 1.807) is 18.2 Å². The maximum Gasteiger partial charge on any atom is 0.348 e. The first kappa shape index (κ1) is 19.5. The zero-order valence-corrected chi connectivity index (χ0v) is 14.6. The Kier molecular flexibility index (Phi) is 8.35. The zero-order valence-electron chi connectivity index (χ0n) is 14.6. The zero-order chi connectivity index (χ0) is 17.9. The smallest absolute Gasteiger partial charge is 0.348 e. The first-order chi connectivity index (χ1) is 11.4. The van der Waals surface area contributed by atoms with Gasteiger partial charge in [-0.15, -0.1) is 0 Å². The molecule has 0 amide bonds. The summed E-state index contributed by atoms with van der Waals surface area (Å²) in [5.74, 6) is -0.190. The molecule has 0 saturated carbocycles. The number of aromatic hydroxyl groups is 1. The molecule has 0 bridgehead atoms. The van der Waals surface area contributed by atoms with Gasteiger partial charge in [-0.25, -0.2) is 4.79 Å².